The van der Waals surface area contributed by atoms with Crippen LogP contribution in [0.2, 0.25) is 10.0 Å². The van der Waals surface area contributed by atoms with Gasteiger partial charge in [-0.1, -0.05) is 53.2 Å². The minimum absolute atomic E-state index is 0.0881. The number of ether oxygens (including phenoxy) is 1. The molecule has 0 saturated carbocycles. The summed E-state index contributed by atoms with van der Waals surface area (Å²) in [5.74, 6) is 0.872. The number of rotatable bonds is 8. The Bertz CT molecular complexity index is 1210. The topological polar surface area (TPSA) is 57.2 Å². The van der Waals surface area contributed by atoms with Crippen molar-refractivity contribution in [1.82, 2.24) is 24.1 Å². The van der Waals surface area contributed by atoms with E-state index in [4.69, 9.17) is 27.9 Å². The summed E-state index contributed by atoms with van der Waals surface area (Å²) in [4.78, 5) is 4.54. The lowest BCUT2D eigenvalue weighted by Gasteiger charge is -2.09. The normalized spacial score (nSPS) is 11.2. The molecule has 0 radical (unpaired) electrons. The number of fused-ring (bicyclic) bond motifs is 1. The first-order chi connectivity index (χ1) is 14.5. The quantitative estimate of drug-likeness (QED) is 0.257. The van der Waals surface area contributed by atoms with Gasteiger partial charge in [-0.05, 0) is 18.2 Å². The van der Waals surface area contributed by atoms with Crippen LogP contribution < -0.4 is 4.74 Å². The van der Waals surface area contributed by atoms with Crippen LogP contribution in [0.1, 0.15) is 11.5 Å². The molecule has 3 aromatic heterocycles. The summed E-state index contributed by atoms with van der Waals surface area (Å²) in [6.07, 6.45) is 5.37. The molecular formula is C20H16Cl2FN5OS. The summed E-state index contributed by atoms with van der Waals surface area (Å²) in [7, 11) is 0. The molecule has 3 heterocycles. The third-order valence-corrected chi connectivity index (χ3v) is 5.66. The lowest BCUT2D eigenvalue weighted by molar-refractivity contribution is 0.275. The fraction of sp³-hybridized carbons (Fsp3) is 0.150. The minimum atomic E-state index is -0.424. The summed E-state index contributed by atoms with van der Waals surface area (Å²) in [5, 5.41) is 10.1. The molecule has 154 valence electrons. The molecule has 0 aliphatic rings. The molecule has 0 aliphatic carbocycles. The fourth-order valence-electron chi connectivity index (χ4n) is 2.83. The van der Waals surface area contributed by atoms with Crippen molar-refractivity contribution in [3.63, 3.8) is 0 Å². The number of pyridine rings is 1. The second kappa shape index (κ2) is 9.07. The molecule has 6 nitrogen and oxygen atoms in total. The van der Waals surface area contributed by atoms with E-state index in [0.29, 0.717) is 39.0 Å². The molecule has 0 fully saturated rings. The number of halogens is 3. The first-order valence-corrected chi connectivity index (χ1v) is 10.6. The van der Waals surface area contributed by atoms with Gasteiger partial charge in [0.1, 0.15) is 6.61 Å². The van der Waals surface area contributed by atoms with Gasteiger partial charge in [-0.3, -0.25) is 4.57 Å². The number of hydrogen-bond donors (Lipinski definition) is 0. The van der Waals surface area contributed by atoms with Gasteiger partial charge in [0.15, 0.2) is 28.2 Å². The van der Waals surface area contributed by atoms with E-state index < -0.39 is 5.82 Å². The third kappa shape index (κ3) is 4.45. The van der Waals surface area contributed by atoms with Crippen molar-refractivity contribution in [2.24, 2.45) is 0 Å². The molecule has 4 rings (SSSR count). The molecule has 0 spiro atoms. The fourth-order valence-corrected chi connectivity index (χ4v) is 4.21. The van der Waals surface area contributed by atoms with Gasteiger partial charge in [0.05, 0.1) is 15.7 Å². The van der Waals surface area contributed by atoms with Crippen LogP contribution in [0.25, 0.3) is 5.65 Å². The average molecular weight is 464 g/mol. The van der Waals surface area contributed by atoms with E-state index in [9.17, 15) is 4.39 Å². The van der Waals surface area contributed by atoms with Crippen LogP contribution in [0, 0.1) is 5.82 Å². The zero-order valence-corrected chi connectivity index (χ0v) is 18.0. The van der Waals surface area contributed by atoms with Crippen LogP contribution in [0.15, 0.2) is 60.5 Å². The van der Waals surface area contributed by atoms with E-state index in [1.165, 1.54) is 17.8 Å². The monoisotopic (exact) mass is 463 g/mol. The summed E-state index contributed by atoms with van der Waals surface area (Å²) in [6, 6.07) is 7.89. The van der Waals surface area contributed by atoms with Crippen LogP contribution in [0.3, 0.4) is 0 Å². The first-order valence-electron chi connectivity index (χ1n) is 8.91. The second-order valence-corrected chi connectivity index (χ2v) is 8.06. The molecular weight excluding hydrogens is 448 g/mol. The van der Waals surface area contributed by atoms with Crippen molar-refractivity contribution >= 4 is 40.6 Å². The number of nitrogens with zero attached hydrogens (tertiary/aromatic N) is 5. The minimum Gasteiger partial charge on any atom is -0.483 e. The predicted molar refractivity (Wildman–Crippen MR) is 116 cm³/mol. The Morgan fingerprint density at radius 3 is 2.83 bits per heavy atom. The van der Waals surface area contributed by atoms with Crippen molar-refractivity contribution in [1.29, 1.82) is 0 Å². The van der Waals surface area contributed by atoms with Gasteiger partial charge in [-0.2, -0.15) is 0 Å². The molecule has 0 unspecified atom stereocenters. The van der Waals surface area contributed by atoms with Crippen molar-refractivity contribution < 1.29 is 9.13 Å². The van der Waals surface area contributed by atoms with Gasteiger partial charge in [-0.15, -0.1) is 16.8 Å². The maximum atomic E-state index is 13.8. The van der Waals surface area contributed by atoms with Crippen LogP contribution in [-0.4, -0.2) is 24.1 Å². The number of benzene rings is 1. The summed E-state index contributed by atoms with van der Waals surface area (Å²) >= 11 is 13.7. The molecule has 30 heavy (non-hydrogen) atoms. The zero-order valence-electron chi connectivity index (χ0n) is 15.6. The number of hydrogen-bond acceptors (Lipinski definition) is 5. The number of para-hydroxylation sites is 1. The van der Waals surface area contributed by atoms with Gasteiger partial charge in [0.2, 0.25) is 0 Å². The van der Waals surface area contributed by atoms with Crippen LogP contribution in [0.5, 0.6) is 5.75 Å². The van der Waals surface area contributed by atoms with E-state index in [-0.39, 0.29) is 12.4 Å². The highest BCUT2D eigenvalue weighted by molar-refractivity contribution is 7.98. The molecule has 1 aromatic carbocycles. The van der Waals surface area contributed by atoms with E-state index in [2.05, 4.69) is 21.8 Å². The van der Waals surface area contributed by atoms with Crippen LogP contribution in [-0.2, 0) is 18.9 Å². The average Bonchev–Trinajstić information content (AvgIpc) is 3.30. The Hall–Kier alpha value is -2.55. The van der Waals surface area contributed by atoms with Crippen molar-refractivity contribution in [2.75, 3.05) is 0 Å². The van der Waals surface area contributed by atoms with E-state index in [0.717, 1.165) is 5.69 Å². The highest BCUT2D eigenvalue weighted by Crippen LogP contribution is 2.26. The molecule has 0 atom stereocenters. The molecule has 0 bridgehead atoms. The maximum absolute atomic E-state index is 13.8. The maximum Gasteiger partial charge on any atom is 0.191 e. The van der Waals surface area contributed by atoms with E-state index in [1.54, 1.807) is 40.9 Å². The zero-order chi connectivity index (χ0) is 21.1. The molecule has 0 amide bonds. The van der Waals surface area contributed by atoms with Gasteiger partial charge in [-0.25, -0.2) is 9.37 Å². The SMILES string of the molecule is C=CCn1c(COc2ccccc2F)nnc1SCc1cn2cc(Cl)cc(Cl)c2n1. The van der Waals surface area contributed by atoms with Crippen molar-refractivity contribution in [3.05, 3.63) is 82.8 Å². The molecule has 0 N–H and O–H groups in total. The molecule has 4 aromatic rings. The Morgan fingerprint density at radius 1 is 1.20 bits per heavy atom. The Morgan fingerprint density at radius 2 is 2.03 bits per heavy atom. The lowest BCUT2D eigenvalue weighted by atomic mass is 10.3. The summed E-state index contributed by atoms with van der Waals surface area (Å²) in [5.41, 5.74) is 1.46. The number of allylic oxidation sites excluding steroid dienone is 1. The highest BCUT2D eigenvalue weighted by atomic mass is 35.5. The van der Waals surface area contributed by atoms with Crippen molar-refractivity contribution in [2.45, 2.75) is 24.1 Å². The Labute approximate surface area is 186 Å². The molecule has 0 aliphatic heterocycles. The second-order valence-electron chi connectivity index (χ2n) is 6.28. The summed E-state index contributed by atoms with van der Waals surface area (Å²) in [6.45, 7) is 4.37. The first kappa shape index (κ1) is 20.7. The Balaban J connectivity index is 1.49. The van der Waals surface area contributed by atoms with Crippen LogP contribution >= 0.6 is 35.0 Å². The number of thioether (sulfide) groups is 1. The largest absolute Gasteiger partial charge is 0.483 e. The van der Waals surface area contributed by atoms with Gasteiger partial charge < -0.3 is 9.14 Å². The summed E-state index contributed by atoms with van der Waals surface area (Å²) < 4.78 is 23.0. The standard InChI is InChI=1S/C20H16Cl2FN5OS/c1-2-7-28-18(11-29-17-6-4-3-5-16(17)23)25-26-20(28)30-12-14-10-27-9-13(21)8-15(22)19(27)24-14/h2-6,8-10H,1,7,11-12H2. The third-order valence-electron chi connectivity index (χ3n) is 4.17. The Kier molecular flexibility index (Phi) is 6.26. The van der Waals surface area contributed by atoms with Crippen molar-refractivity contribution in [3.8, 4) is 5.75 Å². The van der Waals surface area contributed by atoms with Gasteiger partial charge in [0.25, 0.3) is 0 Å². The van der Waals surface area contributed by atoms with Gasteiger partial charge in [0, 0.05) is 24.7 Å². The number of aromatic nitrogens is 5. The molecule has 10 heteroatoms. The predicted octanol–water partition coefficient (Wildman–Crippen LogP) is 5.43. The molecule has 0 saturated heterocycles. The van der Waals surface area contributed by atoms with E-state index in [1.807, 2.05) is 10.8 Å². The number of imidazole rings is 1. The lowest BCUT2D eigenvalue weighted by Crippen LogP contribution is -2.08. The smallest absolute Gasteiger partial charge is 0.191 e. The van der Waals surface area contributed by atoms with Gasteiger partial charge >= 0.3 is 0 Å². The van der Waals surface area contributed by atoms with E-state index >= 15 is 0 Å². The highest BCUT2D eigenvalue weighted by Gasteiger charge is 2.15. The van der Waals surface area contributed by atoms with Crippen LogP contribution in [0.4, 0.5) is 4.39 Å².